The van der Waals surface area contributed by atoms with Gasteiger partial charge in [0.2, 0.25) is 0 Å². The van der Waals surface area contributed by atoms with Crippen LogP contribution in [0.4, 0.5) is 21.8 Å². The second kappa shape index (κ2) is 7.76. The van der Waals surface area contributed by atoms with Crippen molar-refractivity contribution in [2.75, 3.05) is 23.8 Å². The number of benzene rings is 1. The predicted octanol–water partition coefficient (Wildman–Crippen LogP) is 3.38. The van der Waals surface area contributed by atoms with Crippen LogP contribution in [0.3, 0.4) is 0 Å². The van der Waals surface area contributed by atoms with E-state index in [1.807, 2.05) is 19.9 Å². The van der Waals surface area contributed by atoms with E-state index in [4.69, 9.17) is 9.84 Å². The maximum Gasteiger partial charge on any atom is 0.326 e. The second-order valence-corrected chi connectivity index (χ2v) is 6.53. The zero-order valence-electron chi connectivity index (χ0n) is 15.9. The van der Waals surface area contributed by atoms with Crippen LogP contribution in [0.2, 0.25) is 0 Å². The van der Waals surface area contributed by atoms with Gasteiger partial charge in [0.05, 0.1) is 6.61 Å². The van der Waals surface area contributed by atoms with Gasteiger partial charge in [0.1, 0.15) is 11.6 Å². The molecule has 0 aliphatic carbocycles. The molecule has 4 rings (SSSR count). The number of aromatic amines is 2. The Labute approximate surface area is 165 Å². The first-order valence-electron chi connectivity index (χ1n) is 9.00. The van der Waals surface area contributed by atoms with Gasteiger partial charge in [-0.15, -0.1) is 0 Å². The molecule has 3 heterocycles. The number of anilines is 3. The smallest absolute Gasteiger partial charge is 0.326 e. The average molecular weight is 397 g/mol. The summed E-state index contributed by atoms with van der Waals surface area (Å²) in [5, 5.41) is 22.4. The molecule has 0 bridgehead atoms. The number of nitrogens with one attached hydrogen (secondary N) is 4. The normalized spacial score (nSPS) is 11.0. The number of aliphatic hydroxyl groups excluding tert-OH is 1. The van der Waals surface area contributed by atoms with Crippen LogP contribution < -0.4 is 15.4 Å². The molecule has 0 aliphatic rings. The van der Waals surface area contributed by atoms with E-state index < -0.39 is 5.82 Å². The van der Waals surface area contributed by atoms with Crippen molar-refractivity contribution in [3.05, 3.63) is 47.5 Å². The Balaban J connectivity index is 1.66. The molecule has 4 aromatic rings. The summed E-state index contributed by atoms with van der Waals surface area (Å²) in [4.78, 5) is 11.6. The Bertz CT molecular complexity index is 1150. The van der Waals surface area contributed by atoms with Crippen molar-refractivity contribution in [1.82, 2.24) is 25.1 Å². The van der Waals surface area contributed by atoms with Crippen molar-refractivity contribution in [3.8, 4) is 11.8 Å². The third-order valence-electron chi connectivity index (χ3n) is 4.12. The SMILES string of the molecule is Cc1cc(Nc2cc(NCCO)nc(Oc3ccc4[nH]c(C)cc4c3F)n2)n[nH]1. The first-order chi connectivity index (χ1) is 14.0. The van der Waals surface area contributed by atoms with Crippen molar-refractivity contribution in [2.45, 2.75) is 13.8 Å². The predicted molar refractivity (Wildman–Crippen MR) is 107 cm³/mol. The summed E-state index contributed by atoms with van der Waals surface area (Å²) < 4.78 is 20.5. The average Bonchev–Trinajstić information content (AvgIpc) is 3.27. The molecule has 3 aromatic heterocycles. The maximum absolute atomic E-state index is 14.8. The number of rotatable bonds is 7. The summed E-state index contributed by atoms with van der Waals surface area (Å²) in [5.74, 6) is 0.897. The van der Waals surface area contributed by atoms with E-state index in [1.165, 1.54) is 6.07 Å². The summed E-state index contributed by atoms with van der Waals surface area (Å²) in [7, 11) is 0. The van der Waals surface area contributed by atoms with Crippen molar-refractivity contribution < 1.29 is 14.2 Å². The molecule has 0 saturated carbocycles. The highest BCUT2D eigenvalue weighted by molar-refractivity contribution is 5.82. The molecule has 29 heavy (non-hydrogen) atoms. The summed E-state index contributed by atoms with van der Waals surface area (Å²) in [6, 6.07) is 8.38. The van der Waals surface area contributed by atoms with Crippen molar-refractivity contribution in [1.29, 1.82) is 0 Å². The fourth-order valence-corrected chi connectivity index (χ4v) is 2.89. The highest BCUT2D eigenvalue weighted by Gasteiger charge is 2.14. The summed E-state index contributed by atoms with van der Waals surface area (Å²) in [5.41, 5.74) is 2.42. The van der Waals surface area contributed by atoms with E-state index in [1.54, 1.807) is 18.2 Å². The molecule has 5 N–H and O–H groups in total. The lowest BCUT2D eigenvalue weighted by Gasteiger charge is -2.11. The topological polar surface area (TPSA) is 124 Å². The van der Waals surface area contributed by atoms with E-state index in [0.717, 1.165) is 11.4 Å². The van der Waals surface area contributed by atoms with E-state index in [2.05, 4.69) is 35.8 Å². The van der Waals surface area contributed by atoms with Crippen LogP contribution in [0.25, 0.3) is 10.9 Å². The van der Waals surface area contributed by atoms with Gasteiger partial charge in [-0.25, -0.2) is 4.39 Å². The number of hydrogen-bond donors (Lipinski definition) is 5. The van der Waals surface area contributed by atoms with Crippen molar-refractivity contribution in [3.63, 3.8) is 0 Å². The van der Waals surface area contributed by atoms with E-state index in [9.17, 15) is 4.39 Å². The molecule has 1 aromatic carbocycles. The maximum atomic E-state index is 14.8. The summed E-state index contributed by atoms with van der Waals surface area (Å²) >= 11 is 0. The van der Waals surface area contributed by atoms with E-state index >= 15 is 0 Å². The first kappa shape index (κ1) is 18.7. The number of aliphatic hydroxyl groups is 1. The second-order valence-electron chi connectivity index (χ2n) is 6.53. The van der Waals surface area contributed by atoms with Gasteiger partial charge in [0.15, 0.2) is 17.4 Å². The summed E-state index contributed by atoms with van der Waals surface area (Å²) in [6.07, 6.45) is 0. The van der Waals surface area contributed by atoms with Gasteiger partial charge in [-0.05, 0) is 32.0 Å². The van der Waals surface area contributed by atoms with Gasteiger partial charge in [0.25, 0.3) is 0 Å². The number of aryl methyl sites for hydroxylation is 2. The zero-order valence-corrected chi connectivity index (χ0v) is 15.9. The number of halogens is 1. The number of nitrogens with zero attached hydrogens (tertiary/aromatic N) is 3. The number of hydrogen-bond acceptors (Lipinski definition) is 7. The highest BCUT2D eigenvalue weighted by atomic mass is 19.1. The highest BCUT2D eigenvalue weighted by Crippen LogP contribution is 2.30. The summed E-state index contributed by atoms with van der Waals surface area (Å²) in [6.45, 7) is 3.96. The van der Waals surface area contributed by atoms with Crippen molar-refractivity contribution in [2.24, 2.45) is 0 Å². The van der Waals surface area contributed by atoms with E-state index in [-0.39, 0.29) is 18.4 Å². The molecule has 0 amide bonds. The number of ether oxygens (including phenoxy) is 1. The van der Waals surface area contributed by atoms with E-state index in [0.29, 0.717) is 34.9 Å². The molecule has 150 valence electrons. The van der Waals surface area contributed by atoms with Gasteiger partial charge in [0, 0.05) is 41.0 Å². The monoisotopic (exact) mass is 397 g/mol. The fraction of sp³-hybridized carbons (Fsp3) is 0.211. The molecule has 10 heteroatoms. The zero-order chi connectivity index (χ0) is 20.4. The Kier molecular flexibility index (Phi) is 5.00. The van der Waals surface area contributed by atoms with Gasteiger partial charge >= 0.3 is 6.01 Å². The molecule has 0 radical (unpaired) electrons. The first-order valence-corrected chi connectivity index (χ1v) is 9.00. The van der Waals surface area contributed by atoms with Crippen LogP contribution in [0.5, 0.6) is 11.8 Å². The fourth-order valence-electron chi connectivity index (χ4n) is 2.89. The Morgan fingerprint density at radius 1 is 1.07 bits per heavy atom. The van der Waals surface area contributed by atoms with Crippen LogP contribution in [0.1, 0.15) is 11.4 Å². The minimum absolute atomic E-state index is 0.0115. The van der Waals surface area contributed by atoms with Crippen LogP contribution in [-0.2, 0) is 0 Å². The lowest BCUT2D eigenvalue weighted by Crippen LogP contribution is -2.09. The van der Waals surface area contributed by atoms with Gasteiger partial charge in [-0.2, -0.15) is 15.1 Å². The van der Waals surface area contributed by atoms with Gasteiger partial charge in [-0.1, -0.05) is 0 Å². The molecule has 0 atom stereocenters. The third-order valence-corrected chi connectivity index (χ3v) is 4.12. The minimum Gasteiger partial charge on any atom is -0.421 e. The molecule has 0 unspecified atom stereocenters. The van der Waals surface area contributed by atoms with Crippen LogP contribution >= 0.6 is 0 Å². The van der Waals surface area contributed by atoms with Crippen LogP contribution in [0, 0.1) is 19.7 Å². The molecule has 0 spiro atoms. The van der Waals surface area contributed by atoms with Crippen molar-refractivity contribution >= 4 is 28.4 Å². The molecule has 0 fully saturated rings. The Morgan fingerprint density at radius 3 is 2.66 bits per heavy atom. The molecular formula is C19H20FN7O2. The quantitative estimate of drug-likeness (QED) is 0.324. The van der Waals surface area contributed by atoms with Gasteiger partial charge < -0.3 is 25.5 Å². The molecule has 0 saturated heterocycles. The Morgan fingerprint density at radius 2 is 1.90 bits per heavy atom. The lowest BCUT2D eigenvalue weighted by molar-refractivity contribution is 0.311. The standard InChI is InChI=1S/C19H20FN7O2/c1-10-7-12-13(22-10)3-4-14(18(12)20)29-19-24-15(21-5-6-28)9-16(25-19)23-17-8-11(2)26-27-17/h3-4,7-9,22,28H,5-6H2,1-2H3,(H3,21,23,24,25,26,27). The molecule has 0 aliphatic heterocycles. The Hall–Kier alpha value is -3.66. The van der Waals surface area contributed by atoms with Gasteiger partial charge in [-0.3, -0.25) is 5.10 Å². The third kappa shape index (κ3) is 4.11. The lowest BCUT2D eigenvalue weighted by atomic mass is 10.2. The number of fused-ring (bicyclic) bond motifs is 1. The van der Waals surface area contributed by atoms with Crippen LogP contribution in [0.15, 0.2) is 30.3 Å². The minimum atomic E-state index is -0.499. The molecular weight excluding hydrogens is 377 g/mol. The largest absolute Gasteiger partial charge is 0.421 e. The van der Waals surface area contributed by atoms with Crippen LogP contribution in [-0.4, -0.2) is 43.4 Å². The number of H-pyrrole nitrogens is 2. The molecule has 9 nitrogen and oxygen atoms in total. The number of aromatic nitrogens is 5.